The van der Waals surface area contributed by atoms with Crippen LogP contribution in [0.3, 0.4) is 0 Å². The lowest BCUT2D eigenvalue weighted by Gasteiger charge is -2.22. The van der Waals surface area contributed by atoms with E-state index in [4.69, 9.17) is 9.72 Å². The van der Waals surface area contributed by atoms with E-state index in [1.54, 1.807) is 7.11 Å². The molecule has 0 aromatic carbocycles. The van der Waals surface area contributed by atoms with Crippen LogP contribution in [0.15, 0.2) is 60.5 Å². The Morgan fingerprint density at radius 1 is 1.29 bits per heavy atom. The normalized spacial score (nSPS) is 20.3. The molecule has 31 heavy (non-hydrogen) atoms. The van der Waals surface area contributed by atoms with Gasteiger partial charge < -0.3 is 9.30 Å². The molecule has 0 spiro atoms. The summed E-state index contributed by atoms with van der Waals surface area (Å²) in [6.45, 7) is 10.1. The van der Waals surface area contributed by atoms with E-state index in [0.29, 0.717) is 12.5 Å². The average Bonchev–Trinajstić information content (AvgIpc) is 3.13. The van der Waals surface area contributed by atoms with Crippen LogP contribution in [-0.2, 0) is 11.3 Å². The number of pyridine rings is 1. The fourth-order valence-corrected chi connectivity index (χ4v) is 5.24. The third-order valence-electron chi connectivity index (χ3n) is 6.87. The predicted molar refractivity (Wildman–Crippen MR) is 131 cm³/mol. The van der Waals surface area contributed by atoms with Gasteiger partial charge in [-0.05, 0) is 56.2 Å². The summed E-state index contributed by atoms with van der Waals surface area (Å²) in [5, 5.41) is 0. The van der Waals surface area contributed by atoms with Crippen LogP contribution in [0.1, 0.15) is 69.4 Å². The summed E-state index contributed by atoms with van der Waals surface area (Å²) in [6.07, 6.45) is 21.3. The number of methoxy groups -OCH3 is 1. The van der Waals surface area contributed by atoms with Crippen molar-refractivity contribution in [3.8, 4) is 0 Å². The van der Waals surface area contributed by atoms with Crippen LogP contribution < -0.4 is 0 Å². The quantitative estimate of drug-likeness (QED) is 0.446. The third-order valence-corrected chi connectivity index (χ3v) is 6.87. The van der Waals surface area contributed by atoms with Crippen LogP contribution in [0.4, 0.5) is 0 Å². The van der Waals surface area contributed by atoms with E-state index in [2.05, 4.69) is 61.6 Å². The second kappa shape index (κ2) is 9.82. The maximum absolute atomic E-state index is 5.30. The Labute approximate surface area is 187 Å². The summed E-state index contributed by atoms with van der Waals surface area (Å²) in [5.74, 6) is 1.15. The van der Waals surface area contributed by atoms with Crippen molar-refractivity contribution in [1.82, 2.24) is 9.55 Å². The van der Waals surface area contributed by atoms with Crippen LogP contribution in [0.2, 0.25) is 0 Å². The molecule has 1 atom stereocenters. The molecule has 1 saturated carbocycles. The van der Waals surface area contributed by atoms with Crippen molar-refractivity contribution >= 4 is 16.6 Å². The Morgan fingerprint density at radius 3 is 2.74 bits per heavy atom. The van der Waals surface area contributed by atoms with Gasteiger partial charge in [0.15, 0.2) is 0 Å². The van der Waals surface area contributed by atoms with Gasteiger partial charge in [-0.2, -0.15) is 0 Å². The minimum atomic E-state index is 0.372. The van der Waals surface area contributed by atoms with E-state index >= 15 is 0 Å². The zero-order valence-electron chi connectivity index (χ0n) is 19.4. The molecular formula is C28H36N2O. The first-order chi connectivity index (χ1) is 15.1. The minimum absolute atomic E-state index is 0.372. The van der Waals surface area contributed by atoms with E-state index in [1.807, 2.05) is 6.20 Å². The summed E-state index contributed by atoms with van der Waals surface area (Å²) in [7, 11) is 1.76. The Morgan fingerprint density at radius 2 is 2.10 bits per heavy atom. The van der Waals surface area contributed by atoms with Gasteiger partial charge in [0.2, 0.25) is 0 Å². The lowest BCUT2D eigenvalue weighted by atomic mass is 9.89. The first kappa shape index (κ1) is 21.8. The molecule has 0 bridgehead atoms. The van der Waals surface area contributed by atoms with Crippen LogP contribution in [0, 0.1) is 5.92 Å². The summed E-state index contributed by atoms with van der Waals surface area (Å²) < 4.78 is 7.79. The molecule has 0 aliphatic heterocycles. The van der Waals surface area contributed by atoms with Gasteiger partial charge in [-0.1, -0.05) is 55.7 Å². The zero-order chi connectivity index (χ0) is 21.8. The molecule has 1 fully saturated rings. The number of hydrogen-bond acceptors (Lipinski definition) is 2. The maximum Gasteiger partial charge on any atom is 0.0919 e. The van der Waals surface area contributed by atoms with Gasteiger partial charge in [-0.25, -0.2) is 0 Å². The van der Waals surface area contributed by atoms with Crippen molar-refractivity contribution in [2.75, 3.05) is 13.7 Å². The van der Waals surface area contributed by atoms with Crippen molar-refractivity contribution in [2.45, 2.75) is 64.8 Å². The van der Waals surface area contributed by atoms with Gasteiger partial charge in [0.05, 0.1) is 17.6 Å². The van der Waals surface area contributed by atoms with Gasteiger partial charge in [0.25, 0.3) is 0 Å². The second-order valence-corrected chi connectivity index (χ2v) is 9.23. The Kier molecular flexibility index (Phi) is 6.92. The summed E-state index contributed by atoms with van der Waals surface area (Å²) in [6, 6.07) is 2.33. The number of nitrogens with zero attached hydrogens (tertiary/aromatic N) is 2. The topological polar surface area (TPSA) is 27.1 Å². The Hall–Kier alpha value is -2.39. The molecule has 2 aliphatic rings. The zero-order valence-corrected chi connectivity index (χ0v) is 19.4. The monoisotopic (exact) mass is 416 g/mol. The molecule has 0 amide bonds. The third kappa shape index (κ3) is 4.77. The van der Waals surface area contributed by atoms with Crippen LogP contribution in [0.25, 0.3) is 16.6 Å². The van der Waals surface area contributed by atoms with E-state index < -0.39 is 0 Å². The SMILES string of the molecule is C=C(C)/C(=C/C)c1cnc2c(C3C=CC(COC)=CC3)cn(CC3CCCCC3)c2c1. The first-order valence-corrected chi connectivity index (χ1v) is 11.8. The smallest absolute Gasteiger partial charge is 0.0919 e. The highest BCUT2D eigenvalue weighted by Gasteiger charge is 2.22. The standard InChI is InChI=1S/C28H36N2O/c1-5-25(20(2)3)24-15-27-28(29-16-24)26(23-13-11-22(12-14-23)19-31-4)18-30(27)17-21-9-7-6-8-10-21/h5,11-13,15-16,18,21,23H,2,6-10,14,17,19H2,1,3-4H3/b25-5-. The lowest BCUT2D eigenvalue weighted by molar-refractivity contribution is 0.227. The average molecular weight is 417 g/mol. The Balaban J connectivity index is 1.73. The fourth-order valence-electron chi connectivity index (χ4n) is 5.24. The number of aromatic nitrogens is 2. The summed E-state index contributed by atoms with van der Waals surface area (Å²) in [4.78, 5) is 4.99. The maximum atomic E-state index is 5.30. The molecule has 2 aromatic heterocycles. The number of rotatable bonds is 7. The molecular weight excluding hydrogens is 380 g/mol. The molecule has 3 heteroatoms. The van der Waals surface area contributed by atoms with Crippen molar-refractivity contribution in [3.63, 3.8) is 0 Å². The molecule has 164 valence electrons. The van der Waals surface area contributed by atoms with Gasteiger partial charge in [0.1, 0.15) is 0 Å². The second-order valence-electron chi connectivity index (χ2n) is 9.23. The molecule has 1 unspecified atom stereocenters. The number of ether oxygens (including phenoxy) is 1. The van der Waals surface area contributed by atoms with Gasteiger partial charge >= 0.3 is 0 Å². The molecule has 0 N–H and O–H groups in total. The van der Waals surface area contributed by atoms with Crippen molar-refractivity contribution in [3.05, 3.63) is 71.6 Å². The first-order valence-electron chi connectivity index (χ1n) is 11.8. The van der Waals surface area contributed by atoms with Gasteiger partial charge in [0, 0.05) is 43.1 Å². The highest BCUT2D eigenvalue weighted by Crippen LogP contribution is 2.36. The molecule has 0 saturated heterocycles. The fraction of sp³-hybridized carbons (Fsp3) is 0.464. The Bertz CT molecular complexity index is 1030. The molecule has 2 aromatic rings. The van der Waals surface area contributed by atoms with Gasteiger partial charge in [-0.15, -0.1) is 0 Å². The molecule has 4 rings (SSSR count). The molecule has 2 aliphatic carbocycles. The van der Waals surface area contributed by atoms with E-state index in [9.17, 15) is 0 Å². The lowest BCUT2D eigenvalue weighted by Crippen LogP contribution is -2.13. The van der Waals surface area contributed by atoms with Crippen molar-refractivity contribution in [2.24, 2.45) is 5.92 Å². The molecule has 0 radical (unpaired) electrons. The van der Waals surface area contributed by atoms with Gasteiger partial charge in [-0.3, -0.25) is 4.98 Å². The molecule has 3 nitrogen and oxygen atoms in total. The van der Waals surface area contributed by atoms with Crippen LogP contribution in [-0.4, -0.2) is 23.3 Å². The number of hydrogen-bond donors (Lipinski definition) is 0. The predicted octanol–water partition coefficient (Wildman–Crippen LogP) is 7.21. The largest absolute Gasteiger partial charge is 0.380 e. The highest BCUT2D eigenvalue weighted by molar-refractivity contribution is 5.87. The molecule has 2 heterocycles. The highest BCUT2D eigenvalue weighted by atomic mass is 16.5. The summed E-state index contributed by atoms with van der Waals surface area (Å²) >= 11 is 0. The van der Waals surface area contributed by atoms with Crippen LogP contribution in [0.5, 0.6) is 0 Å². The van der Waals surface area contributed by atoms with Crippen LogP contribution >= 0.6 is 0 Å². The van der Waals surface area contributed by atoms with E-state index in [0.717, 1.165) is 30.0 Å². The van der Waals surface area contributed by atoms with E-state index in [1.165, 1.54) is 59.9 Å². The van der Waals surface area contributed by atoms with Crippen molar-refractivity contribution in [1.29, 1.82) is 0 Å². The summed E-state index contributed by atoms with van der Waals surface area (Å²) in [5.41, 5.74) is 8.45. The minimum Gasteiger partial charge on any atom is -0.380 e. The van der Waals surface area contributed by atoms with Crippen molar-refractivity contribution < 1.29 is 4.74 Å². The van der Waals surface area contributed by atoms with E-state index in [-0.39, 0.29) is 0 Å². The number of fused-ring (bicyclic) bond motifs is 1. The number of allylic oxidation sites excluding steroid dienone is 5.